The standard InChI is InChI=1S/C20H19ClF2N4S.C20H18F4N4S/c21-16-3-1-2-15(13-16)19-24-20(28-25-19)27-10-8-26(9-11-27)7-6-14-4-5-17(22)18(23)12-14;21-15-3-1-13(11-17(15)23)5-6-27-7-9-28(10-8-27)20-25-19(26-29-20)14-2-4-16(22)18(24)12-14/h1-5,12-13H,6-11H2;1-4,11-12H,5-10H2. The Morgan fingerprint density at radius 2 is 0.930 bits per heavy atom. The minimum atomic E-state index is -0.923. The van der Waals surface area contributed by atoms with Gasteiger partial charge in [-0.3, -0.25) is 9.80 Å². The number of hydrogen-bond acceptors (Lipinski definition) is 10. The second-order valence-electron chi connectivity index (χ2n) is 13.6. The Balaban J connectivity index is 0.000000174. The van der Waals surface area contributed by atoms with Crippen molar-refractivity contribution in [3.05, 3.63) is 130 Å². The van der Waals surface area contributed by atoms with Crippen molar-refractivity contribution < 1.29 is 26.3 Å². The minimum absolute atomic E-state index is 0.379. The van der Waals surface area contributed by atoms with E-state index in [0.29, 0.717) is 35.1 Å². The van der Waals surface area contributed by atoms with E-state index in [1.807, 2.05) is 24.3 Å². The number of aromatic nitrogens is 4. The first-order chi connectivity index (χ1) is 27.6. The summed E-state index contributed by atoms with van der Waals surface area (Å²) in [4.78, 5) is 18.1. The maximum atomic E-state index is 13.4. The van der Waals surface area contributed by atoms with E-state index < -0.39 is 34.9 Å². The maximum Gasteiger partial charge on any atom is 0.205 e. The lowest BCUT2D eigenvalue weighted by Crippen LogP contribution is -2.47. The summed E-state index contributed by atoms with van der Waals surface area (Å²) in [5.41, 5.74) is 2.94. The van der Waals surface area contributed by atoms with Crippen LogP contribution in [0.4, 0.5) is 36.6 Å². The van der Waals surface area contributed by atoms with Gasteiger partial charge in [-0.2, -0.15) is 18.7 Å². The molecule has 2 aromatic heterocycles. The van der Waals surface area contributed by atoms with Crippen molar-refractivity contribution in [3.63, 3.8) is 0 Å². The lowest BCUT2D eigenvalue weighted by atomic mass is 10.1. The summed E-state index contributed by atoms with van der Waals surface area (Å²) < 4.78 is 87.9. The molecule has 298 valence electrons. The quantitative estimate of drug-likeness (QED) is 0.127. The largest absolute Gasteiger partial charge is 0.344 e. The predicted octanol–water partition coefficient (Wildman–Crippen LogP) is 8.63. The molecule has 2 aliphatic rings. The van der Waals surface area contributed by atoms with Crippen molar-refractivity contribution in [3.8, 4) is 22.8 Å². The molecule has 0 N–H and O–H groups in total. The van der Waals surface area contributed by atoms with Gasteiger partial charge in [0.15, 0.2) is 46.6 Å². The highest BCUT2D eigenvalue weighted by molar-refractivity contribution is 7.10. The van der Waals surface area contributed by atoms with Crippen LogP contribution in [0.25, 0.3) is 22.8 Å². The molecule has 2 aliphatic heterocycles. The molecule has 2 fully saturated rings. The van der Waals surface area contributed by atoms with Crippen molar-refractivity contribution in [1.29, 1.82) is 0 Å². The van der Waals surface area contributed by atoms with Crippen LogP contribution in [-0.4, -0.2) is 94.0 Å². The van der Waals surface area contributed by atoms with Gasteiger partial charge in [0, 0.05) is 105 Å². The minimum Gasteiger partial charge on any atom is -0.344 e. The number of piperazine rings is 2. The first-order valence-electron chi connectivity index (χ1n) is 18.3. The Labute approximate surface area is 339 Å². The third kappa shape index (κ3) is 10.7. The van der Waals surface area contributed by atoms with Gasteiger partial charge in [-0.25, -0.2) is 26.3 Å². The molecule has 4 heterocycles. The lowest BCUT2D eigenvalue weighted by Gasteiger charge is -2.34. The number of hydrogen-bond donors (Lipinski definition) is 0. The molecule has 2 saturated heterocycles. The topological polar surface area (TPSA) is 64.5 Å². The van der Waals surface area contributed by atoms with E-state index in [1.165, 1.54) is 47.3 Å². The van der Waals surface area contributed by atoms with Crippen LogP contribution in [0.3, 0.4) is 0 Å². The highest BCUT2D eigenvalue weighted by atomic mass is 35.5. The molecular weight excluding hydrogens is 806 g/mol. The Morgan fingerprint density at radius 3 is 1.37 bits per heavy atom. The Bertz CT molecular complexity index is 2280. The average molecular weight is 843 g/mol. The van der Waals surface area contributed by atoms with Gasteiger partial charge in [-0.15, -0.1) is 0 Å². The fourth-order valence-electron chi connectivity index (χ4n) is 6.48. The molecule has 8 rings (SSSR count). The second kappa shape index (κ2) is 18.8. The van der Waals surface area contributed by atoms with Gasteiger partial charge >= 0.3 is 0 Å². The predicted molar refractivity (Wildman–Crippen MR) is 213 cm³/mol. The van der Waals surface area contributed by atoms with Crippen LogP contribution in [0.2, 0.25) is 5.02 Å². The normalized spacial score (nSPS) is 15.1. The van der Waals surface area contributed by atoms with Crippen LogP contribution in [0.5, 0.6) is 0 Å². The van der Waals surface area contributed by atoms with Crippen LogP contribution in [0, 0.1) is 34.9 Å². The zero-order chi connectivity index (χ0) is 39.9. The van der Waals surface area contributed by atoms with Crippen molar-refractivity contribution in [1.82, 2.24) is 28.5 Å². The highest BCUT2D eigenvalue weighted by Gasteiger charge is 2.22. The molecule has 0 saturated carbocycles. The van der Waals surface area contributed by atoms with Gasteiger partial charge in [0.1, 0.15) is 0 Å². The summed E-state index contributed by atoms with van der Waals surface area (Å²) >= 11 is 8.67. The van der Waals surface area contributed by atoms with Gasteiger partial charge in [0.25, 0.3) is 0 Å². The number of rotatable bonds is 10. The summed E-state index contributed by atoms with van der Waals surface area (Å²) in [6.07, 6.45) is 1.35. The van der Waals surface area contributed by atoms with Gasteiger partial charge in [-0.1, -0.05) is 35.9 Å². The summed E-state index contributed by atoms with van der Waals surface area (Å²) in [5.74, 6) is -3.98. The molecule has 0 spiro atoms. The Kier molecular flexibility index (Phi) is 13.4. The van der Waals surface area contributed by atoms with Gasteiger partial charge in [0.2, 0.25) is 10.3 Å². The number of nitrogens with zero attached hydrogens (tertiary/aromatic N) is 8. The zero-order valence-corrected chi connectivity index (χ0v) is 32.9. The molecule has 0 bridgehead atoms. The molecule has 8 nitrogen and oxygen atoms in total. The first kappa shape index (κ1) is 40.6. The average Bonchev–Trinajstić information content (AvgIpc) is 3.92. The van der Waals surface area contributed by atoms with E-state index in [2.05, 4.69) is 38.3 Å². The Hall–Kier alpha value is -4.61. The van der Waals surface area contributed by atoms with Gasteiger partial charge in [0.05, 0.1) is 0 Å². The molecule has 57 heavy (non-hydrogen) atoms. The van der Waals surface area contributed by atoms with E-state index in [4.69, 9.17) is 11.6 Å². The number of benzene rings is 4. The van der Waals surface area contributed by atoms with Crippen molar-refractivity contribution in [2.24, 2.45) is 0 Å². The molecule has 4 aromatic carbocycles. The van der Waals surface area contributed by atoms with E-state index >= 15 is 0 Å². The van der Waals surface area contributed by atoms with E-state index in [1.54, 1.807) is 12.1 Å². The number of halogens is 7. The summed E-state index contributed by atoms with van der Waals surface area (Å²) in [6, 6.07) is 19.3. The third-order valence-electron chi connectivity index (χ3n) is 9.78. The molecule has 6 aromatic rings. The maximum absolute atomic E-state index is 13.4. The Morgan fingerprint density at radius 1 is 0.491 bits per heavy atom. The zero-order valence-electron chi connectivity index (χ0n) is 30.5. The van der Waals surface area contributed by atoms with Crippen LogP contribution in [0.1, 0.15) is 11.1 Å². The van der Waals surface area contributed by atoms with Crippen LogP contribution in [-0.2, 0) is 12.8 Å². The lowest BCUT2D eigenvalue weighted by molar-refractivity contribution is 0.261. The first-order valence-corrected chi connectivity index (χ1v) is 20.2. The second-order valence-corrected chi connectivity index (χ2v) is 15.5. The van der Waals surface area contributed by atoms with Crippen molar-refractivity contribution in [2.75, 3.05) is 75.2 Å². The SMILES string of the molecule is Fc1ccc(CCN2CCN(c3nc(-c4ccc(F)c(F)c4)ns3)CC2)cc1F.Fc1ccc(CCN2CCN(c3nc(-c4cccc(Cl)c4)ns3)CC2)cc1F. The molecule has 0 radical (unpaired) electrons. The monoisotopic (exact) mass is 842 g/mol. The molecule has 0 aliphatic carbocycles. The molecular formula is C40H37ClF6N8S2. The van der Waals surface area contributed by atoms with Gasteiger partial charge < -0.3 is 9.80 Å². The third-order valence-corrected chi connectivity index (χ3v) is 11.6. The molecule has 0 unspecified atom stereocenters. The smallest absolute Gasteiger partial charge is 0.205 e. The van der Waals surface area contributed by atoms with Crippen LogP contribution < -0.4 is 9.80 Å². The molecule has 0 amide bonds. The fraction of sp³-hybridized carbons (Fsp3) is 0.300. The van der Waals surface area contributed by atoms with E-state index in [-0.39, 0.29) is 0 Å². The van der Waals surface area contributed by atoms with Crippen LogP contribution in [0.15, 0.2) is 78.9 Å². The van der Waals surface area contributed by atoms with Crippen LogP contribution >= 0.6 is 34.7 Å². The molecule has 0 atom stereocenters. The summed E-state index contributed by atoms with van der Waals surface area (Å²) in [7, 11) is 0. The van der Waals surface area contributed by atoms with Crippen molar-refractivity contribution in [2.45, 2.75) is 12.8 Å². The van der Waals surface area contributed by atoms with E-state index in [0.717, 1.165) is 111 Å². The summed E-state index contributed by atoms with van der Waals surface area (Å²) in [5, 5.41) is 2.32. The number of anilines is 2. The molecule has 17 heteroatoms. The van der Waals surface area contributed by atoms with Gasteiger partial charge in [-0.05, 0) is 78.6 Å². The highest BCUT2D eigenvalue weighted by Crippen LogP contribution is 2.28. The fourth-order valence-corrected chi connectivity index (χ4v) is 8.15. The van der Waals surface area contributed by atoms with Crippen molar-refractivity contribution >= 4 is 44.9 Å². The summed E-state index contributed by atoms with van der Waals surface area (Å²) in [6.45, 7) is 8.23. The van der Waals surface area contributed by atoms with E-state index in [9.17, 15) is 26.3 Å².